The van der Waals surface area contributed by atoms with Crippen LogP contribution in [-0.4, -0.2) is 44.3 Å². The molecular formula is C23H26N4OS. The number of aromatic nitrogens is 3. The summed E-state index contributed by atoms with van der Waals surface area (Å²) in [4.78, 5) is 15.1. The third-order valence-corrected chi connectivity index (χ3v) is 6.22. The van der Waals surface area contributed by atoms with Crippen molar-refractivity contribution in [3.05, 3.63) is 71.5 Å². The zero-order valence-corrected chi connectivity index (χ0v) is 17.6. The lowest BCUT2D eigenvalue weighted by molar-refractivity contribution is 0.102. The molecule has 1 aromatic heterocycles. The number of hydrogen-bond acceptors (Lipinski definition) is 5. The maximum absolute atomic E-state index is 12.7. The molecule has 2 aromatic carbocycles. The molecule has 0 N–H and O–H groups in total. The normalized spacial score (nSPS) is 14.4. The van der Waals surface area contributed by atoms with Crippen LogP contribution in [0, 0.1) is 0 Å². The Bertz CT molecular complexity index is 947. The van der Waals surface area contributed by atoms with Gasteiger partial charge in [-0.1, -0.05) is 61.2 Å². The molecule has 0 radical (unpaired) electrons. The van der Waals surface area contributed by atoms with Gasteiger partial charge in [0.1, 0.15) is 0 Å². The highest BCUT2D eigenvalue weighted by Gasteiger charge is 2.20. The van der Waals surface area contributed by atoms with Crippen molar-refractivity contribution in [3.63, 3.8) is 0 Å². The molecule has 3 aromatic rings. The van der Waals surface area contributed by atoms with Crippen LogP contribution in [0.15, 0.2) is 59.8 Å². The summed E-state index contributed by atoms with van der Waals surface area (Å²) in [5.74, 6) is 1.39. The van der Waals surface area contributed by atoms with Gasteiger partial charge in [-0.25, -0.2) is 0 Å². The second-order valence-electron chi connectivity index (χ2n) is 7.32. The summed E-state index contributed by atoms with van der Waals surface area (Å²) < 4.78 is 2.09. The molecule has 1 fully saturated rings. The van der Waals surface area contributed by atoms with Crippen LogP contribution in [0.1, 0.15) is 41.5 Å². The van der Waals surface area contributed by atoms with E-state index in [1.54, 1.807) is 0 Å². The van der Waals surface area contributed by atoms with E-state index in [0.717, 1.165) is 48.3 Å². The average Bonchev–Trinajstić information content (AvgIpc) is 3.43. The van der Waals surface area contributed by atoms with E-state index in [4.69, 9.17) is 0 Å². The monoisotopic (exact) mass is 406 g/mol. The van der Waals surface area contributed by atoms with Crippen LogP contribution in [-0.2, 0) is 13.0 Å². The Hall–Kier alpha value is -2.44. The molecule has 0 unspecified atom stereocenters. The van der Waals surface area contributed by atoms with Crippen LogP contribution in [0.3, 0.4) is 0 Å². The summed E-state index contributed by atoms with van der Waals surface area (Å²) in [5.41, 5.74) is 3.02. The smallest absolute Gasteiger partial charge is 0.196 e. The summed E-state index contributed by atoms with van der Waals surface area (Å²) in [5, 5.41) is 9.66. The number of ketones is 1. The lowest BCUT2D eigenvalue weighted by Crippen LogP contribution is -2.21. The van der Waals surface area contributed by atoms with Gasteiger partial charge in [0, 0.05) is 11.3 Å². The Morgan fingerprint density at radius 2 is 1.72 bits per heavy atom. The number of nitrogens with zero attached hydrogens (tertiary/aromatic N) is 4. The van der Waals surface area contributed by atoms with Crippen molar-refractivity contribution in [1.29, 1.82) is 0 Å². The summed E-state index contributed by atoms with van der Waals surface area (Å²) >= 11 is 1.45. The molecule has 2 heterocycles. The van der Waals surface area contributed by atoms with E-state index in [2.05, 4.69) is 38.7 Å². The number of carbonyl (C=O) groups is 1. The highest BCUT2D eigenvalue weighted by Crippen LogP contribution is 2.24. The second kappa shape index (κ2) is 9.37. The molecule has 1 saturated heterocycles. The molecule has 1 aliphatic rings. The number of carbonyl (C=O) groups excluding carboxylic acids is 1. The summed E-state index contributed by atoms with van der Waals surface area (Å²) in [6, 6.07) is 18.1. The number of Topliss-reactive ketones (excluding diaryl/α,β-unsaturated/α-hetero) is 1. The van der Waals surface area contributed by atoms with Crippen molar-refractivity contribution in [3.8, 4) is 5.69 Å². The molecule has 0 aliphatic carbocycles. The van der Waals surface area contributed by atoms with Crippen molar-refractivity contribution < 1.29 is 4.79 Å². The van der Waals surface area contributed by atoms with E-state index in [1.165, 1.54) is 30.2 Å². The quantitative estimate of drug-likeness (QED) is 0.410. The number of hydrogen-bond donors (Lipinski definition) is 0. The maximum atomic E-state index is 12.7. The number of benzene rings is 2. The van der Waals surface area contributed by atoms with Crippen LogP contribution < -0.4 is 0 Å². The zero-order chi connectivity index (χ0) is 20.1. The molecule has 6 heteroatoms. The first-order valence-electron chi connectivity index (χ1n) is 10.2. The molecule has 5 nitrogen and oxygen atoms in total. The first-order valence-corrected chi connectivity index (χ1v) is 11.2. The van der Waals surface area contributed by atoms with Crippen LogP contribution in [0.5, 0.6) is 0 Å². The summed E-state index contributed by atoms with van der Waals surface area (Å²) in [7, 11) is 0. The first kappa shape index (κ1) is 19.9. The fraction of sp³-hybridized carbons (Fsp3) is 0.348. The highest BCUT2D eigenvalue weighted by atomic mass is 32.2. The van der Waals surface area contributed by atoms with Crippen molar-refractivity contribution >= 4 is 17.5 Å². The topological polar surface area (TPSA) is 51.0 Å². The van der Waals surface area contributed by atoms with Gasteiger partial charge in [0.25, 0.3) is 0 Å². The molecular weight excluding hydrogens is 380 g/mol. The number of likely N-dealkylation sites (tertiary alicyclic amines) is 1. The highest BCUT2D eigenvalue weighted by molar-refractivity contribution is 7.99. The van der Waals surface area contributed by atoms with Gasteiger partial charge < -0.3 is 0 Å². The third-order valence-electron chi connectivity index (χ3n) is 5.30. The fourth-order valence-electron chi connectivity index (χ4n) is 3.61. The van der Waals surface area contributed by atoms with Crippen molar-refractivity contribution in [1.82, 2.24) is 19.7 Å². The fourth-order valence-corrected chi connectivity index (χ4v) is 4.48. The lowest BCUT2D eigenvalue weighted by atomic mass is 10.1. The number of rotatable bonds is 8. The van der Waals surface area contributed by atoms with Gasteiger partial charge in [0.15, 0.2) is 16.8 Å². The van der Waals surface area contributed by atoms with E-state index < -0.39 is 0 Å². The summed E-state index contributed by atoms with van der Waals surface area (Å²) in [6.07, 6.45) is 3.46. The zero-order valence-electron chi connectivity index (χ0n) is 16.8. The first-order chi connectivity index (χ1) is 14.2. The van der Waals surface area contributed by atoms with Crippen LogP contribution in [0.25, 0.3) is 5.69 Å². The van der Waals surface area contributed by atoms with Gasteiger partial charge in [-0.2, -0.15) is 0 Å². The van der Waals surface area contributed by atoms with E-state index >= 15 is 0 Å². The molecule has 1 aliphatic heterocycles. The maximum Gasteiger partial charge on any atom is 0.196 e. The second-order valence-corrected chi connectivity index (χ2v) is 8.26. The van der Waals surface area contributed by atoms with Crippen molar-refractivity contribution in [2.45, 2.75) is 37.9 Å². The van der Waals surface area contributed by atoms with Gasteiger partial charge in [0.05, 0.1) is 12.3 Å². The Balaban J connectivity index is 1.53. The van der Waals surface area contributed by atoms with Gasteiger partial charge >= 0.3 is 0 Å². The summed E-state index contributed by atoms with van der Waals surface area (Å²) in [6.45, 7) is 5.12. The molecule has 0 saturated carbocycles. The SMILES string of the molecule is CCc1ccc(C(=O)CSc2nnc(CN3CCCC3)n2-c2ccccc2)cc1. The van der Waals surface area contributed by atoms with Gasteiger partial charge in [0.2, 0.25) is 0 Å². The predicted octanol–water partition coefficient (Wildman–Crippen LogP) is 4.40. The molecule has 150 valence electrons. The standard InChI is InChI=1S/C23H26N4OS/c1-2-18-10-12-19(13-11-18)21(28)17-29-23-25-24-22(16-26-14-6-7-15-26)27(23)20-8-4-3-5-9-20/h3-5,8-13H,2,6-7,14-17H2,1H3. The molecule has 0 spiro atoms. The van der Waals surface area contributed by atoms with E-state index in [-0.39, 0.29) is 5.78 Å². The Labute approximate surface area is 176 Å². The average molecular weight is 407 g/mol. The Kier molecular flexibility index (Phi) is 6.42. The van der Waals surface area contributed by atoms with E-state index in [0.29, 0.717) is 5.75 Å². The molecule has 0 bridgehead atoms. The Morgan fingerprint density at radius 1 is 1.00 bits per heavy atom. The van der Waals surface area contributed by atoms with E-state index in [1.807, 2.05) is 42.5 Å². The van der Waals surface area contributed by atoms with Gasteiger partial charge in [-0.05, 0) is 50.0 Å². The number of aryl methyl sites for hydroxylation is 1. The minimum atomic E-state index is 0.112. The van der Waals surface area contributed by atoms with Crippen LogP contribution in [0.4, 0.5) is 0 Å². The lowest BCUT2D eigenvalue weighted by Gasteiger charge is -2.15. The third kappa shape index (κ3) is 4.77. The van der Waals surface area contributed by atoms with Crippen molar-refractivity contribution in [2.24, 2.45) is 0 Å². The van der Waals surface area contributed by atoms with Crippen molar-refractivity contribution in [2.75, 3.05) is 18.8 Å². The van der Waals surface area contributed by atoms with Gasteiger partial charge in [-0.15, -0.1) is 10.2 Å². The predicted molar refractivity (Wildman–Crippen MR) is 117 cm³/mol. The Morgan fingerprint density at radius 3 is 2.41 bits per heavy atom. The molecule has 0 atom stereocenters. The molecule has 0 amide bonds. The van der Waals surface area contributed by atoms with Gasteiger partial charge in [-0.3, -0.25) is 14.3 Å². The molecule has 4 rings (SSSR count). The van der Waals surface area contributed by atoms with Crippen LogP contribution >= 0.6 is 11.8 Å². The van der Waals surface area contributed by atoms with E-state index in [9.17, 15) is 4.79 Å². The van der Waals surface area contributed by atoms with Crippen LogP contribution in [0.2, 0.25) is 0 Å². The minimum absolute atomic E-state index is 0.112. The minimum Gasteiger partial charge on any atom is -0.296 e. The molecule has 29 heavy (non-hydrogen) atoms. The number of para-hydroxylation sites is 1. The largest absolute Gasteiger partial charge is 0.296 e. The number of thioether (sulfide) groups is 1.